The monoisotopic (exact) mass is 287 g/mol. The summed E-state index contributed by atoms with van der Waals surface area (Å²) >= 11 is 0. The van der Waals surface area contributed by atoms with E-state index >= 15 is 0 Å². The van der Waals surface area contributed by atoms with Crippen LogP contribution >= 0.6 is 0 Å². The first-order valence-electron chi connectivity index (χ1n) is 6.39. The highest BCUT2D eigenvalue weighted by Gasteiger charge is 2.08. The molecule has 110 valence electrons. The van der Waals surface area contributed by atoms with Crippen LogP contribution in [0.3, 0.4) is 0 Å². The minimum Gasteiger partial charge on any atom is -0.497 e. The molecule has 1 heterocycles. The van der Waals surface area contributed by atoms with E-state index in [1.54, 1.807) is 38.6 Å². The molecule has 2 amide bonds. The minimum atomic E-state index is -0.341. The van der Waals surface area contributed by atoms with Gasteiger partial charge in [-0.2, -0.15) is 0 Å². The van der Waals surface area contributed by atoms with E-state index in [0.29, 0.717) is 23.7 Å². The maximum absolute atomic E-state index is 11.9. The van der Waals surface area contributed by atoms with E-state index in [0.717, 1.165) is 5.69 Å². The van der Waals surface area contributed by atoms with E-state index in [4.69, 9.17) is 9.47 Å². The topological polar surface area (TPSA) is 72.5 Å². The Morgan fingerprint density at radius 2 is 2.05 bits per heavy atom. The van der Waals surface area contributed by atoms with Gasteiger partial charge < -0.3 is 20.1 Å². The zero-order chi connectivity index (χ0) is 15.1. The number of rotatable bonds is 5. The first-order valence-corrected chi connectivity index (χ1v) is 6.39. The SMILES string of the molecule is COc1ccc(OC)c(NC(=O)NCc2ccccn2)c1. The van der Waals surface area contributed by atoms with Crippen LogP contribution in [0.2, 0.25) is 0 Å². The second-order valence-electron chi connectivity index (χ2n) is 4.19. The molecular formula is C15H17N3O3. The number of methoxy groups -OCH3 is 2. The van der Waals surface area contributed by atoms with Crippen molar-refractivity contribution in [3.8, 4) is 11.5 Å². The van der Waals surface area contributed by atoms with Gasteiger partial charge in [-0.05, 0) is 24.3 Å². The van der Waals surface area contributed by atoms with Crippen LogP contribution in [0, 0.1) is 0 Å². The summed E-state index contributed by atoms with van der Waals surface area (Å²) in [7, 11) is 3.10. The quantitative estimate of drug-likeness (QED) is 0.886. The molecular weight excluding hydrogens is 270 g/mol. The van der Waals surface area contributed by atoms with E-state index < -0.39 is 0 Å². The van der Waals surface area contributed by atoms with Crippen LogP contribution in [0.5, 0.6) is 11.5 Å². The van der Waals surface area contributed by atoms with Crippen molar-refractivity contribution < 1.29 is 14.3 Å². The average molecular weight is 287 g/mol. The molecule has 1 aromatic carbocycles. The largest absolute Gasteiger partial charge is 0.497 e. The summed E-state index contributed by atoms with van der Waals surface area (Å²) in [6, 6.07) is 10.4. The van der Waals surface area contributed by atoms with Crippen LogP contribution in [0.1, 0.15) is 5.69 Å². The summed E-state index contributed by atoms with van der Waals surface area (Å²) in [6.45, 7) is 0.346. The number of nitrogens with one attached hydrogen (secondary N) is 2. The zero-order valence-corrected chi connectivity index (χ0v) is 11.9. The predicted octanol–water partition coefficient (Wildman–Crippen LogP) is 2.42. The maximum atomic E-state index is 11.9. The summed E-state index contributed by atoms with van der Waals surface area (Å²) in [4.78, 5) is 16.0. The Morgan fingerprint density at radius 1 is 1.19 bits per heavy atom. The lowest BCUT2D eigenvalue weighted by molar-refractivity contribution is 0.251. The molecule has 0 fully saturated rings. The highest BCUT2D eigenvalue weighted by atomic mass is 16.5. The van der Waals surface area contributed by atoms with Gasteiger partial charge in [0.25, 0.3) is 0 Å². The fourth-order valence-corrected chi connectivity index (χ4v) is 1.75. The van der Waals surface area contributed by atoms with Crippen molar-refractivity contribution in [3.05, 3.63) is 48.3 Å². The van der Waals surface area contributed by atoms with Gasteiger partial charge in [0, 0.05) is 12.3 Å². The molecule has 1 aromatic heterocycles. The molecule has 0 aliphatic rings. The number of carbonyl (C=O) groups is 1. The van der Waals surface area contributed by atoms with Crippen molar-refractivity contribution in [2.75, 3.05) is 19.5 Å². The van der Waals surface area contributed by atoms with Crippen LogP contribution in [-0.4, -0.2) is 25.2 Å². The van der Waals surface area contributed by atoms with Gasteiger partial charge in [-0.25, -0.2) is 4.79 Å². The molecule has 0 saturated heterocycles. The minimum absolute atomic E-state index is 0.341. The third kappa shape index (κ3) is 4.10. The third-order valence-corrected chi connectivity index (χ3v) is 2.81. The first-order chi connectivity index (χ1) is 10.2. The van der Waals surface area contributed by atoms with Crippen molar-refractivity contribution in [1.29, 1.82) is 0 Å². The molecule has 0 atom stereocenters. The zero-order valence-electron chi connectivity index (χ0n) is 11.9. The molecule has 0 radical (unpaired) electrons. The second-order valence-corrected chi connectivity index (χ2v) is 4.19. The smallest absolute Gasteiger partial charge is 0.319 e. The van der Waals surface area contributed by atoms with E-state index in [1.165, 1.54) is 0 Å². The number of pyridine rings is 1. The van der Waals surface area contributed by atoms with Gasteiger partial charge in [0.1, 0.15) is 11.5 Å². The van der Waals surface area contributed by atoms with E-state index in [1.807, 2.05) is 18.2 Å². The van der Waals surface area contributed by atoms with Crippen LogP contribution < -0.4 is 20.1 Å². The molecule has 0 bridgehead atoms. The molecule has 2 N–H and O–H groups in total. The number of nitrogens with zero attached hydrogens (tertiary/aromatic N) is 1. The van der Waals surface area contributed by atoms with Crippen molar-refractivity contribution in [3.63, 3.8) is 0 Å². The van der Waals surface area contributed by atoms with Crippen LogP contribution in [0.25, 0.3) is 0 Å². The van der Waals surface area contributed by atoms with Gasteiger partial charge in [-0.1, -0.05) is 6.07 Å². The lowest BCUT2D eigenvalue weighted by Crippen LogP contribution is -2.28. The van der Waals surface area contributed by atoms with Crippen molar-refractivity contribution in [2.24, 2.45) is 0 Å². The second kappa shape index (κ2) is 7.14. The Hall–Kier alpha value is -2.76. The number of hydrogen-bond donors (Lipinski definition) is 2. The highest BCUT2D eigenvalue weighted by Crippen LogP contribution is 2.28. The van der Waals surface area contributed by atoms with Gasteiger partial charge in [0.05, 0.1) is 32.1 Å². The Labute approximate surface area is 123 Å². The summed E-state index contributed by atoms with van der Waals surface area (Å²) in [5, 5.41) is 5.45. The molecule has 0 aliphatic carbocycles. The molecule has 0 spiro atoms. The molecule has 2 rings (SSSR count). The van der Waals surface area contributed by atoms with Gasteiger partial charge in [-0.3, -0.25) is 4.98 Å². The molecule has 0 unspecified atom stereocenters. The lowest BCUT2D eigenvalue weighted by atomic mass is 10.2. The van der Waals surface area contributed by atoms with Gasteiger partial charge in [-0.15, -0.1) is 0 Å². The Morgan fingerprint density at radius 3 is 2.71 bits per heavy atom. The number of urea groups is 1. The number of carbonyl (C=O) groups excluding carboxylic acids is 1. The Kier molecular flexibility index (Phi) is 4.98. The summed E-state index contributed by atoms with van der Waals surface area (Å²) in [5.74, 6) is 1.19. The fraction of sp³-hybridized carbons (Fsp3) is 0.200. The van der Waals surface area contributed by atoms with Crippen molar-refractivity contribution >= 4 is 11.7 Å². The van der Waals surface area contributed by atoms with Crippen LogP contribution in [-0.2, 0) is 6.54 Å². The van der Waals surface area contributed by atoms with Crippen LogP contribution in [0.4, 0.5) is 10.5 Å². The normalized spacial score (nSPS) is 9.81. The van der Waals surface area contributed by atoms with Crippen LogP contribution in [0.15, 0.2) is 42.6 Å². The predicted molar refractivity (Wildman–Crippen MR) is 79.6 cm³/mol. The van der Waals surface area contributed by atoms with Gasteiger partial charge in [0.2, 0.25) is 0 Å². The first kappa shape index (κ1) is 14.6. The summed E-state index contributed by atoms with van der Waals surface area (Å²) in [6.07, 6.45) is 1.68. The molecule has 0 aliphatic heterocycles. The Bertz CT molecular complexity index is 602. The van der Waals surface area contributed by atoms with E-state index in [-0.39, 0.29) is 6.03 Å². The molecule has 6 nitrogen and oxygen atoms in total. The summed E-state index contributed by atoms with van der Waals surface area (Å²) in [5.41, 5.74) is 1.32. The lowest BCUT2D eigenvalue weighted by Gasteiger charge is -2.12. The van der Waals surface area contributed by atoms with E-state index in [2.05, 4.69) is 15.6 Å². The number of anilines is 1. The van der Waals surface area contributed by atoms with E-state index in [9.17, 15) is 4.79 Å². The molecule has 21 heavy (non-hydrogen) atoms. The standard InChI is InChI=1S/C15H17N3O3/c1-20-12-6-7-14(21-2)13(9-12)18-15(19)17-10-11-5-3-4-8-16-11/h3-9H,10H2,1-2H3,(H2,17,18,19). The van der Waals surface area contributed by atoms with Gasteiger partial charge in [0.15, 0.2) is 0 Å². The number of aromatic nitrogens is 1. The summed E-state index contributed by atoms with van der Waals surface area (Å²) < 4.78 is 10.3. The molecule has 2 aromatic rings. The Balaban J connectivity index is 1.99. The molecule has 6 heteroatoms. The fourth-order valence-electron chi connectivity index (χ4n) is 1.75. The highest BCUT2D eigenvalue weighted by molar-refractivity contribution is 5.91. The third-order valence-electron chi connectivity index (χ3n) is 2.81. The number of hydrogen-bond acceptors (Lipinski definition) is 4. The van der Waals surface area contributed by atoms with Gasteiger partial charge >= 0.3 is 6.03 Å². The van der Waals surface area contributed by atoms with Crippen molar-refractivity contribution in [2.45, 2.75) is 6.54 Å². The number of benzene rings is 1. The number of ether oxygens (including phenoxy) is 2. The van der Waals surface area contributed by atoms with Crippen molar-refractivity contribution in [1.82, 2.24) is 10.3 Å². The molecule has 0 saturated carbocycles. The number of amides is 2. The average Bonchev–Trinajstić information content (AvgIpc) is 2.54. The maximum Gasteiger partial charge on any atom is 0.319 e.